The molecule has 3 amide bonds. The molecule has 0 aromatic heterocycles. The van der Waals surface area contributed by atoms with Gasteiger partial charge in [-0.3, -0.25) is 14.4 Å². The normalized spacial score (nSPS) is 15.8. The third-order valence-corrected chi connectivity index (χ3v) is 7.96. The highest BCUT2D eigenvalue weighted by atomic mass is 32.2. The first-order valence-corrected chi connectivity index (χ1v) is 12.9. The second kappa shape index (κ2) is 10.9. The molecule has 0 radical (unpaired) electrons. The van der Waals surface area contributed by atoms with Crippen LogP contribution >= 0.6 is 0 Å². The molecule has 0 aliphatic carbocycles. The number of hydrogen-bond acceptors (Lipinski definition) is 6. The number of carbonyl (C=O) groups excluding carboxylic acids is 3. The Labute approximate surface area is 206 Å². The van der Waals surface area contributed by atoms with Gasteiger partial charge < -0.3 is 15.0 Å². The summed E-state index contributed by atoms with van der Waals surface area (Å²) in [5.74, 6) is -0.741. The van der Waals surface area contributed by atoms with Crippen LogP contribution in [0.5, 0.6) is 5.75 Å². The molecular formula is C25H31N3O6S. The van der Waals surface area contributed by atoms with Gasteiger partial charge in [-0.1, -0.05) is 31.2 Å². The maximum absolute atomic E-state index is 13.3. The Kier molecular flexibility index (Phi) is 8.16. The molecule has 0 spiro atoms. The van der Waals surface area contributed by atoms with Crippen LogP contribution in [0.3, 0.4) is 0 Å². The molecule has 9 nitrogen and oxygen atoms in total. The van der Waals surface area contributed by atoms with Gasteiger partial charge in [0.05, 0.1) is 12.7 Å². The fourth-order valence-corrected chi connectivity index (χ4v) is 5.34. The summed E-state index contributed by atoms with van der Waals surface area (Å²) in [6.45, 7) is 5.28. The molecule has 0 fully saturated rings. The molecule has 2 atom stereocenters. The molecular weight excluding hydrogens is 470 g/mol. The van der Waals surface area contributed by atoms with Crippen LogP contribution in [0.25, 0.3) is 0 Å². The second-order valence-corrected chi connectivity index (χ2v) is 10.3. The lowest BCUT2D eigenvalue weighted by atomic mass is 10.1. The van der Waals surface area contributed by atoms with Crippen molar-refractivity contribution in [2.75, 3.05) is 13.7 Å². The molecule has 188 valence electrons. The maximum atomic E-state index is 13.3. The average Bonchev–Trinajstić information content (AvgIpc) is 3.05. The Bertz CT molecular complexity index is 1200. The van der Waals surface area contributed by atoms with Crippen molar-refractivity contribution < 1.29 is 27.5 Å². The number of amides is 3. The van der Waals surface area contributed by atoms with E-state index in [1.165, 1.54) is 17.0 Å². The summed E-state index contributed by atoms with van der Waals surface area (Å²) in [5.41, 5.74) is 0.871. The van der Waals surface area contributed by atoms with Crippen molar-refractivity contribution in [2.45, 2.75) is 57.1 Å². The lowest BCUT2D eigenvalue weighted by Gasteiger charge is -2.30. The average molecular weight is 502 g/mol. The highest BCUT2D eigenvalue weighted by Gasteiger charge is 2.41. The number of nitrogens with zero attached hydrogens (tertiary/aromatic N) is 2. The predicted octanol–water partition coefficient (Wildman–Crippen LogP) is 2.56. The number of nitrogens with one attached hydrogen (secondary N) is 1. The first kappa shape index (κ1) is 26.2. The fraction of sp³-hybridized carbons (Fsp3) is 0.400. The van der Waals surface area contributed by atoms with Crippen LogP contribution in [0.2, 0.25) is 0 Å². The SMILES string of the molecule is CC[C@H](C)NC(=O)[C@@H](C)N(Cc1ccc(OC)cc1)C(=O)CCN1C(=O)c2ccccc2S1(=O)=O. The van der Waals surface area contributed by atoms with Crippen LogP contribution in [-0.4, -0.2) is 61.1 Å². The van der Waals surface area contributed by atoms with E-state index in [1.807, 2.05) is 13.8 Å². The molecule has 10 heteroatoms. The number of carbonyl (C=O) groups is 3. The number of ether oxygens (including phenoxy) is 1. The van der Waals surface area contributed by atoms with Gasteiger partial charge in [-0.05, 0) is 50.1 Å². The molecule has 1 heterocycles. The minimum atomic E-state index is -4.02. The maximum Gasteiger partial charge on any atom is 0.269 e. The van der Waals surface area contributed by atoms with Crippen molar-refractivity contribution in [3.8, 4) is 5.75 Å². The third kappa shape index (κ3) is 5.64. The number of benzene rings is 2. The van der Waals surface area contributed by atoms with Gasteiger partial charge in [0.15, 0.2) is 0 Å². The second-order valence-electron chi connectivity index (χ2n) is 8.49. The zero-order valence-electron chi connectivity index (χ0n) is 20.4. The quantitative estimate of drug-likeness (QED) is 0.535. The smallest absolute Gasteiger partial charge is 0.269 e. The molecule has 0 unspecified atom stereocenters. The van der Waals surface area contributed by atoms with Gasteiger partial charge in [0, 0.05) is 25.6 Å². The number of hydrogen-bond donors (Lipinski definition) is 1. The summed E-state index contributed by atoms with van der Waals surface area (Å²) in [5, 5.41) is 2.88. The largest absolute Gasteiger partial charge is 0.497 e. The van der Waals surface area contributed by atoms with Crippen molar-refractivity contribution in [2.24, 2.45) is 0 Å². The summed E-state index contributed by atoms with van der Waals surface area (Å²) >= 11 is 0. The zero-order chi connectivity index (χ0) is 25.8. The Morgan fingerprint density at radius 3 is 2.34 bits per heavy atom. The Morgan fingerprint density at radius 2 is 1.74 bits per heavy atom. The molecule has 2 aromatic rings. The summed E-state index contributed by atoms with van der Waals surface area (Å²) < 4.78 is 31.6. The predicted molar refractivity (Wildman–Crippen MR) is 130 cm³/mol. The number of rotatable bonds is 10. The molecule has 0 saturated heterocycles. The van der Waals surface area contributed by atoms with Crippen molar-refractivity contribution >= 4 is 27.7 Å². The lowest BCUT2D eigenvalue weighted by Crippen LogP contribution is -2.50. The van der Waals surface area contributed by atoms with Crippen LogP contribution in [-0.2, 0) is 26.2 Å². The van der Waals surface area contributed by atoms with E-state index in [0.29, 0.717) is 5.75 Å². The van der Waals surface area contributed by atoms with E-state index >= 15 is 0 Å². The number of fused-ring (bicyclic) bond motifs is 1. The standard InChI is InChI=1S/C25H31N3O6S/c1-5-17(2)26-24(30)18(3)27(16-19-10-12-20(34-4)13-11-19)23(29)14-15-28-25(31)21-8-6-7-9-22(21)35(28,32)33/h6-13,17-18H,5,14-16H2,1-4H3,(H,26,30)/t17-,18+/m0/s1. The molecule has 1 aliphatic heterocycles. The summed E-state index contributed by atoms with van der Waals surface area (Å²) in [4.78, 5) is 40.2. The first-order chi connectivity index (χ1) is 16.6. The summed E-state index contributed by atoms with van der Waals surface area (Å²) in [7, 11) is -2.47. The zero-order valence-corrected chi connectivity index (χ0v) is 21.2. The van der Waals surface area contributed by atoms with Crippen molar-refractivity contribution in [3.05, 3.63) is 59.7 Å². The molecule has 3 rings (SSSR count). The van der Waals surface area contributed by atoms with Gasteiger partial charge in [0.25, 0.3) is 15.9 Å². The van der Waals surface area contributed by atoms with Crippen LogP contribution in [0.4, 0.5) is 0 Å². The minimum Gasteiger partial charge on any atom is -0.497 e. The molecule has 35 heavy (non-hydrogen) atoms. The fourth-order valence-electron chi connectivity index (χ4n) is 3.77. The highest BCUT2D eigenvalue weighted by molar-refractivity contribution is 7.90. The molecule has 1 N–H and O–H groups in total. The number of sulfonamides is 1. The van der Waals surface area contributed by atoms with Crippen LogP contribution in [0, 0.1) is 0 Å². The Balaban J connectivity index is 1.79. The topological polar surface area (TPSA) is 113 Å². The molecule has 1 aliphatic rings. The van der Waals surface area contributed by atoms with Gasteiger partial charge >= 0.3 is 0 Å². The molecule has 2 aromatic carbocycles. The van der Waals surface area contributed by atoms with Crippen LogP contribution in [0.15, 0.2) is 53.4 Å². The van der Waals surface area contributed by atoms with Crippen molar-refractivity contribution in [1.29, 1.82) is 0 Å². The van der Waals surface area contributed by atoms with Crippen molar-refractivity contribution in [3.63, 3.8) is 0 Å². The van der Waals surface area contributed by atoms with Crippen LogP contribution in [0.1, 0.15) is 49.5 Å². The van der Waals surface area contributed by atoms with E-state index < -0.39 is 27.9 Å². The van der Waals surface area contributed by atoms with Crippen molar-refractivity contribution in [1.82, 2.24) is 14.5 Å². The van der Waals surface area contributed by atoms with Gasteiger partial charge in [-0.2, -0.15) is 0 Å². The summed E-state index contributed by atoms with van der Waals surface area (Å²) in [6.07, 6.45) is 0.483. The molecule has 0 bridgehead atoms. The van der Waals surface area contributed by atoms with E-state index in [1.54, 1.807) is 50.4 Å². The van der Waals surface area contributed by atoms with Crippen LogP contribution < -0.4 is 10.1 Å². The van der Waals surface area contributed by atoms with E-state index in [2.05, 4.69) is 5.32 Å². The third-order valence-electron chi connectivity index (χ3n) is 6.12. The van der Waals surface area contributed by atoms with E-state index in [-0.39, 0.29) is 41.9 Å². The monoisotopic (exact) mass is 501 g/mol. The Hall–Kier alpha value is -3.40. The number of methoxy groups -OCH3 is 1. The first-order valence-electron chi connectivity index (χ1n) is 11.5. The van der Waals surface area contributed by atoms with Gasteiger partial charge in [0.2, 0.25) is 11.8 Å². The lowest BCUT2D eigenvalue weighted by molar-refractivity contribution is -0.140. The van der Waals surface area contributed by atoms with E-state index in [4.69, 9.17) is 4.74 Å². The molecule has 0 saturated carbocycles. The summed E-state index contributed by atoms with van der Waals surface area (Å²) in [6, 6.07) is 12.2. The minimum absolute atomic E-state index is 0.0613. The van der Waals surface area contributed by atoms with E-state index in [0.717, 1.165) is 16.3 Å². The highest BCUT2D eigenvalue weighted by Crippen LogP contribution is 2.30. The van der Waals surface area contributed by atoms with Gasteiger partial charge in [0.1, 0.15) is 16.7 Å². The van der Waals surface area contributed by atoms with Gasteiger partial charge in [-0.15, -0.1) is 0 Å². The van der Waals surface area contributed by atoms with E-state index in [9.17, 15) is 22.8 Å². The van der Waals surface area contributed by atoms with Gasteiger partial charge in [-0.25, -0.2) is 12.7 Å². The Morgan fingerprint density at radius 1 is 1.09 bits per heavy atom.